The Balaban J connectivity index is 2.14. The Morgan fingerprint density at radius 2 is 2.12 bits per heavy atom. The number of halogens is 2. The van der Waals surface area contributed by atoms with Gasteiger partial charge in [0.2, 0.25) is 0 Å². The van der Waals surface area contributed by atoms with Crippen molar-refractivity contribution in [3.05, 3.63) is 34.9 Å². The molecule has 0 aliphatic carbocycles. The summed E-state index contributed by atoms with van der Waals surface area (Å²) < 4.78 is 19.7. The van der Waals surface area contributed by atoms with E-state index >= 15 is 0 Å². The van der Waals surface area contributed by atoms with Crippen molar-refractivity contribution < 1.29 is 23.9 Å². The summed E-state index contributed by atoms with van der Waals surface area (Å²) in [5.41, 5.74) is -1.55. The summed E-state index contributed by atoms with van der Waals surface area (Å²) in [6.45, 7) is 6.16. The lowest BCUT2D eigenvalue weighted by atomic mass is 10.0. The van der Waals surface area contributed by atoms with E-state index in [2.05, 4.69) is 0 Å². The maximum Gasteiger partial charge on any atom is 0.411 e. The molecule has 1 N–H and O–H groups in total. The van der Waals surface area contributed by atoms with Crippen LogP contribution in [0.5, 0.6) is 0 Å². The summed E-state index contributed by atoms with van der Waals surface area (Å²) in [5, 5.41) is 10.7. The second-order valence-corrected chi connectivity index (χ2v) is 8.25. The normalized spacial score (nSPS) is 23.0. The van der Waals surface area contributed by atoms with Crippen molar-refractivity contribution in [2.24, 2.45) is 0 Å². The average Bonchev–Trinajstić information content (AvgIpc) is 2.80. The predicted molar refractivity (Wildman–Crippen MR) is 95.1 cm³/mol. The van der Waals surface area contributed by atoms with Gasteiger partial charge in [0.1, 0.15) is 11.6 Å². The van der Waals surface area contributed by atoms with Gasteiger partial charge in [-0.25, -0.2) is 4.79 Å². The largest absolute Gasteiger partial charge is 0.444 e. The summed E-state index contributed by atoms with van der Waals surface area (Å²) in [5.74, 6) is -0.909. The molecular weight excluding hydrogens is 363 g/mol. The highest BCUT2D eigenvalue weighted by atomic mass is 35.5. The van der Waals surface area contributed by atoms with Gasteiger partial charge in [0.15, 0.2) is 0 Å². The number of nitrogens with zero attached hydrogens (tertiary/aromatic N) is 2. The van der Waals surface area contributed by atoms with E-state index in [4.69, 9.17) is 16.3 Å². The molecule has 2 amide bonds. The molecule has 0 radical (unpaired) electrons. The molecule has 8 heteroatoms. The Kier molecular flexibility index (Phi) is 5.82. The highest BCUT2D eigenvalue weighted by molar-refractivity contribution is 6.30. The van der Waals surface area contributed by atoms with Gasteiger partial charge in [0.25, 0.3) is 5.91 Å². The number of hydrogen-bond acceptors (Lipinski definition) is 4. The molecule has 2 rings (SSSR count). The summed E-state index contributed by atoms with van der Waals surface area (Å²) in [4.78, 5) is 26.0. The molecule has 1 saturated heterocycles. The SMILES string of the molecule is CC(C)(C)OC(=O)N1C[C@@](C)(O)C[C@H]1C(=O)N(F)Cc1cccc(Cl)c1. The molecule has 2 atom stereocenters. The first kappa shape index (κ1) is 20.5. The molecule has 1 heterocycles. The summed E-state index contributed by atoms with van der Waals surface area (Å²) >= 11 is 5.87. The van der Waals surface area contributed by atoms with Crippen LogP contribution in [0.4, 0.5) is 9.28 Å². The lowest BCUT2D eigenvalue weighted by molar-refractivity contribution is -0.153. The molecule has 1 aromatic carbocycles. The van der Waals surface area contributed by atoms with Gasteiger partial charge in [-0.2, -0.15) is 5.12 Å². The first-order valence-electron chi connectivity index (χ1n) is 8.31. The van der Waals surface area contributed by atoms with Crippen molar-refractivity contribution in [2.75, 3.05) is 6.54 Å². The standard InChI is InChI=1S/C18H24ClFN2O4/c1-17(2,3)26-16(24)21-11-18(4,25)9-14(21)15(23)22(20)10-12-6-5-7-13(19)8-12/h5-8,14,25H,9-11H2,1-4H3/t14-,18-/m0/s1. The number of likely N-dealkylation sites (tertiary alicyclic amines) is 1. The Morgan fingerprint density at radius 3 is 2.69 bits per heavy atom. The van der Waals surface area contributed by atoms with Gasteiger partial charge in [-0.15, -0.1) is 0 Å². The van der Waals surface area contributed by atoms with Gasteiger partial charge in [0, 0.05) is 11.4 Å². The van der Waals surface area contributed by atoms with Gasteiger partial charge < -0.3 is 9.84 Å². The van der Waals surface area contributed by atoms with Crippen LogP contribution in [0.15, 0.2) is 24.3 Å². The third kappa shape index (κ3) is 5.32. The number of ether oxygens (including phenoxy) is 1. The zero-order valence-corrected chi connectivity index (χ0v) is 16.1. The molecule has 1 aliphatic heterocycles. The Bertz CT molecular complexity index is 690. The number of hydrogen-bond donors (Lipinski definition) is 1. The topological polar surface area (TPSA) is 70.1 Å². The molecule has 0 spiro atoms. The Labute approximate surface area is 157 Å². The van der Waals surface area contributed by atoms with E-state index in [-0.39, 0.29) is 24.6 Å². The molecular formula is C18H24ClFN2O4. The zero-order chi connectivity index (χ0) is 19.7. The van der Waals surface area contributed by atoms with Crippen LogP contribution >= 0.6 is 11.6 Å². The predicted octanol–water partition coefficient (Wildman–Crippen LogP) is 3.31. The summed E-state index contributed by atoms with van der Waals surface area (Å²) in [6.07, 6.45) is -0.828. The molecule has 0 saturated carbocycles. The molecule has 144 valence electrons. The molecule has 0 bridgehead atoms. The molecule has 6 nitrogen and oxygen atoms in total. The van der Waals surface area contributed by atoms with Crippen LogP contribution in [0.3, 0.4) is 0 Å². The second kappa shape index (κ2) is 7.40. The number of β-amino-alcohol motifs (C(OH)–C–C–N with tert-alkyl or cyclic N) is 1. The number of benzene rings is 1. The molecule has 0 unspecified atom stereocenters. The second-order valence-electron chi connectivity index (χ2n) is 7.81. The van der Waals surface area contributed by atoms with Crippen LogP contribution in [0, 0.1) is 0 Å². The zero-order valence-electron chi connectivity index (χ0n) is 15.3. The van der Waals surface area contributed by atoms with Crippen LogP contribution in [-0.4, -0.2) is 50.9 Å². The van der Waals surface area contributed by atoms with E-state index in [0.717, 1.165) is 4.90 Å². The van der Waals surface area contributed by atoms with E-state index in [1.165, 1.54) is 6.92 Å². The van der Waals surface area contributed by atoms with Crippen LogP contribution in [0.25, 0.3) is 0 Å². The fraction of sp³-hybridized carbons (Fsp3) is 0.556. The van der Waals surface area contributed by atoms with Crippen molar-refractivity contribution in [2.45, 2.75) is 57.9 Å². The van der Waals surface area contributed by atoms with Gasteiger partial charge in [0.05, 0.1) is 18.7 Å². The van der Waals surface area contributed by atoms with Gasteiger partial charge in [-0.3, -0.25) is 9.69 Å². The third-order valence-electron chi connectivity index (χ3n) is 3.88. The van der Waals surface area contributed by atoms with Crippen molar-refractivity contribution >= 4 is 23.6 Å². The minimum absolute atomic E-state index is 0.0368. The van der Waals surface area contributed by atoms with Crippen LogP contribution < -0.4 is 0 Å². The third-order valence-corrected chi connectivity index (χ3v) is 4.12. The van der Waals surface area contributed by atoms with Crippen molar-refractivity contribution in [3.8, 4) is 0 Å². The van der Waals surface area contributed by atoms with E-state index < -0.39 is 29.2 Å². The summed E-state index contributed by atoms with van der Waals surface area (Å²) in [6, 6.07) is 5.36. The number of amides is 2. The van der Waals surface area contributed by atoms with Gasteiger partial charge >= 0.3 is 6.09 Å². The Hall–Kier alpha value is -1.86. The maximum absolute atomic E-state index is 14.5. The maximum atomic E-state index is 14.5. The number of carbonyl (C=O) groups is 2. The quantitative estimate of drug-likeness (QED) is 0.809. The number of aliphatic hydroxyl groups is 1. The van der Waals surface area contributed by atoms with Crippen LogP contribution in [0.2, 0.25) is 5.02 Å². The first-order chi connectivity index (χ1) is 11.9. The minimum Gasteiger partial charge on any atom is -0.444 e. The highest BCUT2D eigenvalue weighted by Crippen LogP contribution is 2.30. The number of rotatable bonds is 3. The smallest absolute Gasteiger partial charge is 0.411 e. The average molecular weight is 387 g/mol. The number of carbonyl (C=O) groups excluding carboxylic acids is 2. The van der Waals surface area contributed by atoms with E-state index in [0.29, 0.717) is 10.6 Å². The van der Waals surface area contributed by atoms with Gasteiger partial charge in [-0.05, 0) is 45.4 Å². The summed E-state index contributed by atoms with van der Waals surface area (Å²) in [7, 11) is 0. The van der Waals surface area contributed by atoms with Crippen molar-refractivity contribution in [1.82, 2.24) is 10.0 Å². The van der Waals surface area contributed by atoms with E-state index in [1.54, 1.807) is 45.0 Å². The van der Waals surface area contributed by atoms with E-state index in [9.17, 15) is 19.2 Å². The monoisotopic (exact) mass is 386 g/mol. The minimum atomic E-state index is -1.30. The van der Waals surface area contributed by atoms with Crippen LogP contribution in [-0.2, 0) is 16.1 Å². The highest BCUT2D eigenvalue weighted by Gasteiger charge is 2.48. The lowest BCUT2D eigenvalue weighted by Crippen LogP contribution is -2.47. The molecule has 1 fully saturated rings. The molecule has 0 aromatic heterocycles. The van der Waals surface area contributed by atoms with Gasteiger partial charge in [-0.1, -0.05) is 28.2 Å². The van der Waals surface area contributed by atoms with E-state index in [1.807, 2.05) is 0 Å². The fourth-order valence-electron chi connectivity index (χ4n) is 2.84. The first-order valence-corrected chi connectivity index (χ1v) is 8.69. The Morgan fingerprint density at radius 1 is 1.46 bits per heavy atom. The van der Waals surface area contributed by atoms with Crippen LogP contribution in [0.1, 0.15) is 39.7 Å². The fourth-order valence-corrected chi connectivity index (χ4v) is 3.05. The molecule has 1 aliphatic rings. The molecule has 1 aromatic rings. The van der Waals surface area contributed by atoms with Crippen molar-refractivity contribution in [1.29, 1.82) is 0 Å². The lowest BCUT2D eigenvalue weighted by Gasteiger charge is -2.28. The molecule has 26 heavy (non-hydrogen) atoms. The van der Waals surface area contributed by atoms with Crippen molar-refractivity contribution in [3.63, 3.8) is 0 Å².